The van der Waals surface area contributed by atoms with Crippen molar-refractivity contribution in [3.63, 3.8) is 0 Å². The van der Waals surface area contributed by atoms with Crippen LogP contribution >= 0.6 is 0 Å². The van der Waals surface area contributed by atoms with Crippen molar-refractivity contribution in [2.24, 2.45) is 0 Å². The fraction of sp³-hybridized carbons (Fsp3) is 0.143. The number of aliphatic hydroxyl groups is 1. The van der Waals surface area contributed by atoms with Gasteiger partial charge in [-0.2, -0.15) is 0 Å². The standard InChI is InChI=1S/C21H18N2O3/c24-14-15-5-7-16(8-6-15)17-11-18(13-22-12-17)21(25)23-9-10-26-20-4-2-1-3-19(20)23/h1-8,11-13,24H,9-10,14H2. The quantitative estimate of drug-likeness (QED) is 0.790. The molecule has 0 saturated heterocycles. The minimum Gasteiger partial charge on any atom is -0.490 e. The maximum atomic E-state index is 13.0. The van der Waals surface area contributed by atoms with Crippen LogP contribution in [0.1, 0.15) is 15.9 Å². The molecule has 4 rings (SSSR count). The lowest BCUT2D eigenvalue weighted by Crippen LogP contribution is -2.38. The molecule has 3 aromatic rings. The number of benzene rings is 2. The molecule has 130 valence electrons. The van der Waals surface area contributed by atoms with Crippen LogP contribution < -0.4 is 9.64 Å². The van der Waals surface area contributed by atoms with Gasteiger partial charge in [-0.05, 0) is 29.3 Å². The lowest BCUT2D eigenvalue weighted by atomic mass is 10.0. The molecule has 2 heterocycles. The molecule has 0 aliphatic carbocycles. The van der Waals surface area contributed by atoms with Crippen LogP contribution in [0.25, 0.3) is 11.1 Å². The summed E-state index contributed by atoms with van der Waals surface area (Å²) in [6.07, 6.45) is 3.32. The number of carbonyl (C=O) groups is 1. The maximum Gasteiger partial charge on any atom is 0.260 e. The summed E-state index contributed by atoms with van der Waals surface area (Å²) in [4.78, 5) is 19.0. The van der Waals surface area contributed by atoms with E-state index in [1.165, 1.54) is 0 Å². The normalized spacial score (nSPS) is 13.0. The predicted molar refractivity (Wildman–Crippen MR) is 99.2 cm³/mol. The van der Waals surface area contributed by atoms with E-state index in [0.29, 0.717) is 18.7 Å². The lowest BCUT2D eigenvalue weighted by Gasteiger charge is -2.29. The molecule has 0 saturated carbocycles. The van der Waals surface area contributed by atoms with E-state index in [4.69, 9.17) is 9.84 Å². The van der Waals surface area contributed by atoms with Crippen LogP contribution in [0.3, 0.4) is 0 Å². The van der Waals surface area contributed by atoms with Crippen molar-refractivity contribution in [1.82, 2.24) is 4.98 Å². The molecular formula is C21H18N2O3. The summed E-state index contributed by atoms with van der Waals surface area (Å²) in [6, 6.07) is 17.0. The van der Waals surface area contributed by atoms with Crippen molar-refractivity contribution in [3.05, 3.63) is 78.1 Å². The molecule has 0 bridgehead atoms. The van der Waals surface area contributed by atoms with Crippen LogP contribution in [0.2, 0.25) is 0 Å². The number of hydrogen-bond donors (Lipinski definition) is 1. The zero-order chi connectivity index (χ0) is 17.9. The van der Waals surface area contributed by atoms with Crippen molar-refractivity contribution in [2.75, 3.05) is 18.1 Å². The van der Waals surface area contributed by atoms with Crippen LogP contribution in [0.15, 0.2) is 67.0 Å². The molecule has 26 heavy (non-hydrogen) atoms. The highest BCUT2D eigenvalue weighted by molar-refractivity contribution is 6.07. The van der Waals surface area contributed by atoms with Crippen LogP contribution in [-0.2, 0) is 6.61 Å². The minimum atomic E-state index is -0.0953. The van der Waals surface area contributed by atoms with Gasteiger partial charge in [0.25, 0.3) is 5.91 Å². The Hall–Kier alpha value is -3.18. The topological polar surface area (TPSA) is 62.7 Å². The van der Waals surface area contributed by atoms with E-state index in [1.54, 1.807) is 17.3 Å². The Bertz CT molecular complexity index is 938. The first kappa shape index (κ1) is 16.3. The SMILES string of the molecule is O=C(c1cncc(-c2ccc(CO)cc2)c1)N1CCOc2ccccc21. The summed E-state index contributed by atoms with van der Waals surface area (Å²) < 4.78 is 5.62. The molecule has 1 N–H and O–H groups in total. The highest BCUT2D eigenvalue weighted by Gasteiger charge is 2.24. The molecule has 0 atom stereocenters. The van der Waals surface area contributed by atoms with E-state index in [1.807, 2.05) is 54.6 Å². The second-order valence-electron chi connectivity index (χ2n) is 6.09. The zero-order valence-electron chi connectivity index (χ0n) is 14.1. The van der Waals surface area contributed by atoms with E-state index >= 15 is 0 Å². The van der Waals surface area contributed by atoms with Crippen molar-refractivity contribution >= 4 is 11.6 Å². The number of aromatic nitrogens is 1. The number of amides is 1. The van der Waals surface area contributed by atoms with E-state index in [2.05, 4.69) is 4.98 Å². The van der Waals surface area contributed by atoms with E-state index in [9.17, 15) is 4.79 Å². The highest BCUT2D eigenvalue weighted by Crippen LogP contribution is 2.32. The van der Waals surface area contributed by atoms with Crippen molar-refractivity contribution < 1.29 is 14.6 Å². The fourth-order valence-electron chi connectivity index (χ4n) is 3.05. The Balaban J connectivity index is 1.65. The van der Waals surface area contributed by atoms with Gasteiger partial charge in [-0.15, -0.1) is 0 Å². The fourth-order valence-corrected chi connectivity index (χ4v) is 3.05. The summed E-state index contributed by atoms with van der Waals surface area (Å²) in [6.45, 7) is 0.983. The lowest BCUT2D eigenvalue weighted by molar-refractivity contribution is 0.0976. The average Bonchev–Trinajstić information content (AvgIpc) is 2.73. The van der Waals surface area contributed by atoms with Gasteiger partial charge in [0.1, 0.15) is 12.4 Å². The second-order valence-corrected chi connectivity index (χ2v) is 6.09. The second kappa shape index (κ2) is 6.98. The Morgan fingerprint density at radius 3 is 2.69 bits per heavy atom. The highest BCUT2D eigenvalue weighted by atomic mass is 16.5. The number of rotatable bonds is 3. The summed E-state index contributed by atoms with van der Waals surface area (Å²) in [5, 5.41) is 9.17. The third-order valence-electron chi connectivity index (χ3n) is 4.43. The number of hydrogen-bond acceptors (Lipinski definition) is 4. The molecule has 2 aromatic carbocycles. The summed E-state index contributed by atoms with van der Waals surface area (Å²) in [7, 11) is 0. The van der Waals surface area contributed by atoms with Crippen molar-refractivity contribution in [1.29, 1.82) is 0 Å². The molecule has 5 nitrogen and oxygen atoms in total. The van der Waals surface area contributed by atoms with Crippen molar-refractivity contribution in [2.45, 2.75) is 6.61 Å². The van der Waals surface area contributed by atoms with Gasteiger partial charge in [0, 0.05) is 18.0 Å². The minimum absolute atomic E-state index is 0.00744. The summed E-state index contributed by atoms with van der Waals surface area (Å²) >= 11 is 0. The number of carbonyl (C=O) groups excluding carboxylic acids is 1. The molecule has 0 radical (unpaired) electrons. The number of pyridine rings is 1. The average molecular weight is 346 g/mol. The van der Waals surface area contributed by atoms with Gasteiger partial charge >= 0.3 is 0 Å². The van der Waals surface area contributed by atoms with Gasteiger partial charge in [-0.1, -0.05) is 36.4 Å². The monoisotopic (exact) mass is 346 g/mol. The van der Waals surface area contributed by atoms with Gasteiger partial charge in [-0.3, -0.25) is 9.78 Å². The molecule has 1 amide bonds. The largest absolute Gasteiger partial charge is 0.490 e. The van der Waals surface area contributed by atoms with E-state index in [0.717, 1.165) is 28.1 Å². The van der Waals surface area contributed by atoms with Gasteiger partial charge in [0.2, 0.25) is 0 Å². The van der Waals surface area contributed by atoms with Gasteiger partial charge in [-0.25, -0.2) is 0 Å². The number of aliphatic hydroxyl groups excluding tert-OH is 1. The molecule has 5 heteroatoms. The maximum absolute atomic E-state index is 13.0. The van der Waals surface area contributed by atoms with Gasteiger partial charge in [0.05, 0.1) is 24.4 Å². The first-order valence-corrected chi connectivity index (χ1v) is 8.45. The molecule has 0 spiro atoms. The smallest absolute Gasteiger partial charge is 0.260 e. The van der Waals surface area contributed by atoms with Crippen LogP contribution in [0.5, 0.6) is 5.75 Å². The number of nitrogens with zero attached hydrogens (tertiary/aromatic N) is 2. The Morgan fingerprint density at radius 1 is 1.08 bits per heavy atom. The number of fused-ring (bicyclic) bond motifs is 1. The molecular weight excluding hydrogens is 328 g/mol. The Kier molecular flexibility index (Phi) is 4.37. The Labute approximate surface area is 151 Å². The van der Waals surface area contributed by atoms with Gasteiger partial charge in [0.15, 0.2) is 0 Å². The zero-order valence-corrected chi connectivity index (χ0v) is 14.1. The number of para-hydroxylation sites is 2. The summed E-state index contributed by atoms with van der Waals surface area (Å²) in [5.74, 6) is 0.623. The molecule has 1 aliphatic heterocycles. The molecule has 0 fully saturated rings. The van der Waals surface area contributed by atoms with Crippen LogP contribution in [0.4, 0.5) is 5.69 Å². The van der Waals surface area contributed by atoms with E-state index < -0.39 is 0 Å². The molecule has 0 unspecified atom stereocenters. The van der Waals surface area contributed by atoms with Gasteiger partial charge < -0.3 is 14.7 Å². The molecule has 1 aliphatic rings. The number of anilines is 1. The van der Waals surface area contributed by atoms with Crippen LogP contribution in [0, 0.1) is 0 Å². The van der Waals surface area contributed by atoms with Crippen molar-refractivity contribution in [3.8, 4) is 16.9 Å². The third-order valence-corrected chi connectivity index (χ3v) is 4.43. The predicted octanol–water partition coefficient (Wildman–Crippen LogP) is 3.28. The van der Waals surface area contributed by atoms with E-state index in [-0.39, 0.29) is 12.5 Å². The Morgan fingerprint density at radius 2 is 1.88 bits per heavy atom. The first-order chi connectivity index (χ1) is 12.8. The summed E-state index contributed by atoms with van der Waals surface area (Å²) in [5.41, 5.74) is 3.97. The first-order valence-electron chi connectivity index (χ1n) is 8.45. The number of ether oxygens (including phenoxy) is 1. The third kappa shape index (κ3) is 3.05. The molecule has 1 aromatic heterocycles. The van der Waals surface area contributed by atoms with Crippen LogP contribution in [-0.4, -0.2) is 29.1 Å².